The van der Waals surface area contributed by atoms with Crippen molar-refractivity contribution in [3.8, 4) is 33.6 Å². The zero-order valence-electron chi connectivity index (χ0n) is 29.1. The van der Waals surface area contributed by atoms with Gasteiger partial charge in [0.2, 0.25) is 0 Å². The number of aromatic nitrogens is 4. The Hall–Kier alpha value is -5.68. The highest BCUT2D eigenvalue weighted by molar-refractivity contribution is 5.73. The van der Waals surface area contributed by atoms with Crippen molar-refractivity contribution in [3.63, 3.8) is 0 Å². The van der Waals surface area contributed by atoms with Crippen LogP contribution in [0.15, 0.2) is 152 Å². The summed E-state index contributed by atoms with van der Waals surface area (Å²) in [6.45, 7) is 4.38. The van der Waals surface area contributed by atoms with Crippen LogP contribution in [0.4, 0.5) is 17.3 Å². The Morgan fingerprint density at radius 3 is 1.80 bits per heavy atom. The molecule has 0 amide bonds. The largest absolute Gasteiger partial charge is 0.276 e. The maximum Gasteiger partial charge on any atom is 0.161 e. The zero-order valence-corrected chi connectivity index (χ0v) is 29.1. The smallest absolute Gasteiger partial charge is 0.161 e. The fourth-order valence-electron chi connectivity index (χ4n) is 6.62. The number of aryl methyl sites for hydroxylation is 2. The van der Waals surface area contributed by atoms with Crippen molar-refractivity contribution in [2.75, 3.05) is 4.90 Å². The number of nitrogens with zero attached hydrogens (tertiary/aromatic N) is 5. The van der Waals surface area contributed by atoms with Gasteiger partial charge in [-0.1, -0.05) is 136 Å². The minimum atomic E-state index is 0.807. The van der Waals surface area contributed by atoms with Gasteiger partial charge in [-0.15, -0.1) is 10.2 Å². The fraction of sp³-hybridized carbons (Fsp3) is 0.200. The summed E-state index contributed by atoms with van der Waals surface area (Å²) in [5.41, 5.74) is 10.2. The summed E-state index contributed by atoms with van der Waals surface area (Å²) < 4.78 is 3.98. The monoisotopic (exact) mass is 655 g/mol. The molecule has 7 rings (SSSR count). The second-order valence-corrected chi connectivity index (χ2v) is 13.0. The van der Waals surface area contributed by atoms with Gasteiger partial charge in [-0.3, -0.25) is 4.90 Å². The quantitative estimate of drug-likeness (QED) is 0.109. The first kappa shape index (κ1) is 32.8. The molecule has 0 aliphatic rings. The molecule has 0 bridgehead atoms. The zero-order chi connectivity index (χ0) is 34.1. The molecule has 0 aliphatic carbocycles. The standard InChI is InChI=1S/C45H45N5/c1-3-4-5-6-7-10-17-36-26-28-41(29-27-36)49(44-30-31-48(46-44)42-24-15-22-39(33-42)37-18-11-8-12-19-37)45-32-35(2)50(47-45)43-25-16-23-40(34-43)38-20-13-9-14-21-38/h8-9,11-16,18-34H,3-7,10,17H2,1-2H3. The molecule has 2 aromatic heterocycles. The maximum atomic E-state index is 5.20. The van der Waals surface area contributed by atoms with E-state index in [1.54, 1.807) is 0 Å². The van der Waals surface area contributed by atoms with Gasteiger partial charge in [-0.05, 0) is 84.0 Å². The minimum Gasteiger partial charge on any atom is -0.276 e. The molecule has 0 saturated carbocycles. The Morgan fingerprint density at radius 1 is 0.520 bits per heavy atom. The Labute approximate surface area is 296 Å². The summed E-state index contributed by atoms with van der Waals surface area (Å²) in [5, 5.41) is 10.3. The van der Waals surface area contributed by atoms with Gasteiger partial charge in [-0.25, -0.2) is 9.36 Å². The molecule has 0 atom stereocenters. The van der Waals surface area contributed by atoms with Gasteiger partial charge >= 0.3 is 0 Å². The van der Waals surface area contributed by atoms with Crippen LogP contribution < -0.4 is 4.90 Å². The molecule has 0 aliphatic heterocycles. The Balaban J connectivity index is 1.21. The van der Waals surface area contributed by atoms with Crippen LogP contribution in [0.2, 0.25) is 0 Å². The number of benzene rings is 5. The van der Waals surface area contributed by atoms with Crippen LogP contribution in [-0.2, 0) is 6.42 Å². The third-order valence-corrected chi connectivity index (χ3v) is 9.34. The van der Waals surface area contributed by atoms with Crippen molar-refractivity contribution in [2.45, 2.75) is 58.8 Å². The summed E-state index contributed by atoms with van der Waals surface area (Å²) in [6, 6.07) is 51.2. The first-order chi connectivity index (χ1) is 24.7. The molecular formula is C45H45N5. The average molecular weight is 656 g/mol. The van der Waals surface area contributed by atoms with Gasteiger partial charge in [0.05, 0.1) is 11.4 Å². The molecule has 7 aromatic rings. The minimum absolute atomic E-state index is 0.807. The van der Waals surface area contributed by atoms with E-state index in [-0.39, 0.29) is 0 Å². The van der Waals surface area contributed by atoms with Gasteiger partial charge in [-0.2, -0.15) is 0 Å². The van der Waals surface area contributed by atoms with E-state index in [9.17, 15) is 0 Å². The molecular weight excluding hydrogens is 611 g/mol. The summed E-state index contributed by atoms with van der Waals surface area (Å²) in [6.07, 6.45) is 10.9. The second-order valence-electron chi connectivity index (χ2n) is 13.0. The van der Waals surface area contributed by atoms with E-state index in [1.807, 2.05) is 27.7 Å². The molecule has 5 heteroatoms. The molecule has 0 unspecified atom stereocenters. The number of hydrogen-bond donors (Lipinski definition) is 0. The molecule has 250 valence electrons. The van der Waals surface area contributed by atoms with E-state index in [0.717, 1.165) is 51.9 Å². The third kappa shape index (κ3) is 7.63. The van der Waals surface area contributed by atoms with E-state index in [2.05, 4.69) is 152 Å². The lowest BCUT2D eigenvalue weighted by Gasteiger charge is -2.20. The summed E-state index contributed by atoms with van der Waals surface area (Å²) in [4.78, 5) is 2.16. The highest BCUT2D eigenvalue weighted by Gasteiger charge is 2.20. The fourth-order valence-corrected chi connectivity index (χ4v) is 6.62. The van der Waals surface area contributed by atoms with E-state index < -0.39 is 0 Å². The van der Waals surface area contributed by atoms with Crippen molar-refractivity contribution in [2.24, 2.45) is 0 Å². The summed E-state index contributed by atoms with van der Waals surface area (Å²) >= 11 is 0. The highest BCUT2D eigenvalue weighted by Crippen LogP contribution is 2.35. The maximum absolute atomic E-state index is 5.20. The van der Waals surface area contributed by atoms with Crippen molar-refractivity contribution in [3.05, 3.63) is 163 Å². The van der Waals surface area contributed by atoms with Crippen molar-refractivity contribution < 1.29 is 0 Å². The van der Waals surface area contributed by atoms with Gasteiger partial charge in [0.1, 0.15) is 0 Å². The second kappa shape index (κ2) is 15.7. The van der Waals surface area contributed by atoms with Crippen LogP contribution in [0.3, 0.4) is 0 Å². The first-order valence-electron chi connectivity index (χ1n) is 18.0. The Bertz CT molecular complexity index is 2110. The van der Waals surface area contributed by atoms with Crippen LogP contribution in [-0.4, -0.2) is 19.6 Å². The number of hydrogen-bond acceptors (Lipinski definition) is 3. The van der Waals surface area contributed by atoms with E-state index in [1.165, 1.54) is 55.2 Å². The SMILES string of the molecule is CCCCCCCCc1ccc(N(c2ccn(-c3cccc(-c4ccccc4)c3)n2)c2cc(C)n(-c3cccc(-c4ccccc4)c3)n2)cc1. The molecule has 2 heterocycles. The van der Waals surface area contributed by atoms with E-state index in [4.69, 9.17) is 10.2 Å². The van der Waals surface area contributed by atoms with Crippen LogP contribution in [0, 0.1) is 6.92 Å². The lowest BCUT2D eigenvalue weighted by molar-refractivity contribution is 0.607. The van der Waals surface area contributed by atoms with Crippen LogP contribution in [0.5, 0.6) is 0 Å². The molecule has 5 nitrogen and oxygen atoms in total. The molecule has 0 fully saturated rings. The lowest BCUT2D eigenvalue weighted by atomic mass is 10.0. The van der Waals surface area contributed by atoms with E-state index >= 15 is 0 Å². The molecule has 0 spiro atoms. The van der Waals surface area contributed by atoms with Crippen molar-refractivity contribution in [1.29, 1.82) is 0 Å². The number of unbranched alkanes of at least 4 members (excludes halogenated alkanes) is 5. The number of rotatable bonds is 14. The van der Waals surface area contributed by atoms with Crippen LogP contribution in [0.25, 0.3) is 33.6 Å². The Kier molecular flexibility index (Phi) is 10.3. The molecule has 0 N–H and O–H groups in total. The predicted molar refractivity (Wildman–Crippen MR) is 208 cm³/mol. The molecule has 50 heavy (non-hydrogen) atoms. The van der Waals surface area contributed by atoms with Gasteiger partial charge in [0.15, 0.2) is 11.6 Å². The first-order valence-corrected chi connectivity index (χ1v) is 18.0. The summed E-state index contributed by atoms with van der Waals surface area (Å²) in [7, 11) is 0. The average Bonchev–Trinajstić information content (AvgIpc) is 3.82. The van der Waals surface area contributed by atoms with Gasteiger partial charge < -0.3 is 0 Å². The molecule has 0 saturated heterocycles. The Morgan fingerprint density at radius 2 is 1.12 bits per heavy atom. The van der Waals surface area contributed by atoms with Crippen molar-refractivity contribution >= 4 is 17.3 Å². The van der Waals surface area contributed by atoms with Gasteiger partial charge in [0.25, 0.3) is 0 Å². The van der Waals surface area contributed by atoms with Crippen LogP contribution >= 0.6 is 0 Å². The summed E-state index contributed by atoms with van der Waals surface area (Å²) in [5.74, 6) is 1.63. The molecule has 5 aromatic carbocycles. The highest BCUT2D eigenvalue weighted by atomic mass is 15.4. The van der Waals surface area contributed by atoms with Crippen molar-refractivity contribution in [1.82, 2.24) is 19.6 Å². The number of anilines is 3. The normalized spacial score (nSPS) is 11.2. The topological polar surface area (TPSA) is 38.9 Å². The molecule has 0 radical (unpaired) electrons. The van der Waals surface area contributed by atoms with Gasteiger partial charge in [0, 0.05) is 29.7 Å². The lowest BCUT2D eigenvalue weighted by Crippen LogP contribution is -2.12. The van der Waals surface area contributed by atoms with Crippen LogP contribution in [0.1, 0.15) is 56.7 Å². The predicted octanol–water partition coefficient (Wildman–Crippen LogP) is 12.1. The van der Waals surface area contributed by atoms with E-state index in [0.29, 0.717) is 0 Å². The third-order valence-electron chi connectivity index (χ3n) is 9.34.